The lowest BCUT2D eigenvalue weighted by molar-refractivity contribution is -0.157. The molecule has 2 amide bonds. The van der Waals surface area contributed by atoms with Crippen molar-refractivity contribution in [1.82, 2.24) is 9.80 Å². The van der Waals surface area contributed by atoms with Gasteiger partial charge in [-0.05, 0) is 45.4 Å². The zero-order valence-electron chi connectivity index (χ0n) is 17.5. The Balaban J connectivity index is 1.81. The number of ether oxygens (including phenoxy) is 1. The van der Waals surface area contributed by atoms with Crippen molar-refractivity contribution in [1.29, 1.82) is 0 Å². The summed E-state index contributed by atoms with van der Waals surface area (Å²) in [5, 5.41) is 0. The number of carbonyl (C=O) groups excluding carboxylic acids is 2. The molecule has 1 aliphatic heterocycles. The molecule has 29 heavy (non-hydrogen) atoms. The van der Waals surface area contributed by atoms with E-state index in [9.17, 15) is 9.59 Å². The number of hydrogen-bond donors (Lipinski definition) is 0. The summed E-state index contributed by atoms with van der Waals surface area (Å²) in [6, 6.07) is 19.1. The lowest BCUT2D eigenvalue weighted by Gasteiger charge is -2.48. The fraction of sp³-hybridized carbons (Fsp3) is 0.391. The van der Waals surface area contributed by atoms with E-state index in [2.05, 4.69) is 18.7 Å². The summed E-state index contributed by atoms with van der Waals surface area (Å²) in [7, 11) is 0. The molecule has 6 nitrogen and oxygen atoms in total. The maximum atomic E-state index is 13.3. The minimum Gasteiger partial charge on any atom is -0.459 e. The van der Waals surface area contributed by atoms with Crippen LogP contribution in [0.2, 0.25) is 0 Å². The number of benzene rings is 2. The maximum absolute atomic E-state index is 13.3. The molecule has 0 bridgehead atoms. The first-order valence-corrected chi connectivity index (χ1v) is 9.90. The molecule has 2 aromatic carbocycles. The topological polar surface area (TPSA) is 53.1 Å². The Morgan fingerprint density at radius 2 is 1.59 bits per heavy atom. The summed E-state index contributed by atoms with van der Waals surface area (Å²) in [6.07, 6.45) is 0. The molecule has 1 fully saturated rings. The average Bonchev–Trinajstić information content (AvgIpc) is 2.73. The van der Waals surface area contributed by atoms with Gasteiger partial charge in [-0.25, -0.2) is 9.59 Å². The Kier molecular flexibility index (Phi) is 6.23. The van der Waals surface area contributed by atoms with Gasteiger partial charge in [0.1, 0.15) is 12.1 Å². The molecule has 0 N–H and O–H groups in total. The van der Waals surface area contributed by atoms with Crippen LogP contribution in [-0.4, -0.2) is 46.7 Å². The van der Waals surface area contributed by atoms with Crippen molar-refractivity contribution >= 4 is 17.7 Å². The van der Waals surface area contributed by atoms with Crippen LogP contribution in [0, 0.1) is 0 Å². The Morgan fingerprint density at radius 1 is 1.00 bits per heavy atom. The van der Waals surface area contributed by atoms with E-state index in [0.29, 0.717) is 13.3 Å². The van der Waals surface area contributed by atoms with Crippen molar-refractivity contribution in [3.8, 4) is 0 Å². The van der Waals surface area contributed by atoms with E-state index in [-0.39, 0.29) is 18.7 Å². The highest BCUT2D eigenvalue weighted by Crippen LogP contribution is 2.27. The molecule has 2 aromatic rings. The molecule has 6 heteroatoms. The predicted molar refractivity (Wildman–Crippen MR) is 113 cm³/mol. The van der Waals surface area contributed by atoms with Crippen LogP contribution in [-0.2, 0) is 16.1 Å². The Labute approximate surface area is 172 Å². The third kappa shape index (κ3) is 4.59. The fourth-order valence-corrected chi connectivity index (χ4v) is 3.23. The molecule has 1 heterocycles. The van der Waals surface area contributed by atoms with Gasteiger partial charge in [0.05, 0.1) is 13.3 Å². The lowest BCUT2D eigenvalue weighted by Crippen LogP contribution is -2.67. The van der Waals surface area contributed by atoms with E-state index in [1.54, 1.807) is 23.6 Å². The largest absolute Gasteiger partial charge is 0.459 e. The van der Waals surface area contributed by atoms with E-state index < -0.39 is 11.5 Å². The number of esters is 1. The molecule has 1 saturated heterocycles. The first kappa shape index (κ1) is 20.9. The van der Waals surface area contributed by atoms with Crippen LogP contribution in [0.25, 0.3) is 0 Å². The minimum absolute atomic E-state index is 0.182. The van der Waals surface area contributed by atoms with Crippen molar-refractivity contribution in [3.05, 3.63) is 66.2 Å². The van der Waals surface area contributed by atoms with Crippen molar-refractivity contribution in [3.63, 3.8) is 0 Å². The number of urea groups is 1. The molecule has 154 valence electrons. The molecule has 0 atom stereocenters. The molecular weight excluding hydrogens is 366 g/mol. The number of rotatable bonds is 6. The molecular formula is C23H29N3O3. The molecule has 0 radical (unpaired) electrons. The zero-order chi connectivity index (χ0) is 21.0. The smallest absolute Gasteiger partial charge is 0.331 e. The summed E-state index contributed by atoms with van der Waals surface area (Å²) in [6.45, 7) is 8.67. The second-order valence-electron chi connectivity index (χ2n) is 8.06. The van der Waals surface area contributed by atoms with Gasteiger partial charge in [0, 0.05) is 11.7 Å². The van der Waals surface area contributed by atoms with Crippen molar-refractivity contribution < 1.29 is 14.3 Å². The molecule has 0 unspecified atom stereocenters. The van der Waals surface area contributed by atoms with Crippen LogP contribution < -0.4 is 4.90 Å². The zero-order valence-corrected chi connectivity index (χ0v) is 17.5. The van der Waals surface area contributed by atoms with Gasteiger partial charge in [0.25, 0.3) is 0 Å². The quantitative estimate of drug-likeness (QED) is 0.692. The first-order chi connectivity index (χ1) is 13.8. The van der Waals surface area contributed by atoms with Crippen LogP contribution in [0.4, 0.5) is 10.5 Å². The van der Waals surface area contributed by atoms with Crippen molar-refractivity contribution in [2.45, 2.75) is 45.9 Å². The normalized spacial score (nSPS) is 15.7. The van der Waals surface area contributed by atoms with E-state index in [1.165, 1.54) is 0 Å². The summed E-state index contributed by atoms with van der Waals surface area (Å²) in [5.41, 5.74) is 0.615. The van der Waals surface area contributed by atoms with Crippen LogP contribution in [0.1, 0.15) is 33.3 Å². The number of anilines is 1. The number of hydrogen-bond acceptors (Lipinski definition) is 4. The summed E-state index contributed by atoms with van der Waals surface area (Å²) in [4.78, 5) is 31.7. The number of carbonyl (C=O) groups is 2. The minimum atomic E-state index is -1.10. The third-order valence-electron chi connectivity index (χ3n) is 5.29. The van der Waals surface area contributed by atoms with Gasteiger partial charge in [0.15, 0.2) is 0 Å². The van der Waals surface area contributed by atoms with Gasteiger partial charge in [-0.1, -0.05) is 48.5 Å². The highest BCUT2D eigenvalue weighted by atomic mass is 16.5. The van der Waals surface area contributed by atoms with Gasteiger partial charge in [-0.15, -0.1) is 0 Å². The fourth-order valence-electron chi connectivity index (χ4n) is 3.23. The molecule has 0 spiro atoms. The van der Waals surface area contributed by atoms with Crippen molar-refractivity contribution in [2.24, 2.45) is 0 Å². The molecule has 0 aliphatic carbocycles. The standard InChI is InChI=1S/C23H29N3O3/c1-18(2)24-16-25(20-13-9-6-10-14-20)22(28)26(17-24)23(3,4)21(27)29-15-19-11-7-5-8-12-19/h5-14,18H,15-17H2,1-4H3. The second kappa shape index (κ2) is 8.66. The lowest BCUT2D eigenvalue weighted by atomic mass is 10.0. The maximum Gasteiger partial charge on any atom is 0.331 e. The van der Waals surface area contributed by atoms with E-state index >= 15 is 0 Å². The summed E-state index contributed by atoms with van der Waals surface area (Å²) < 4.78 is 5.56. The van der Waals surface area contributed by atoms with Gasteiger partial charge in [-0.3, -0.25) is 14.7 Å². The highest BCUT2D eigenvalue weighted by Gasteiger charge is 2.45. The van der Waals surface area contributed by atoms with Gasteiger partial charge >= 0.3 is 12.0 Å². The van der Waals surface area contributed by atoms with Gasteiger partial charge < -0.3 is 4.74 Å². The molecule has 3 rings (SSSR count). The Morgan fingerprint density at radius 3 is 2.17 bits per heavy atom. The van der Waals surface area contributed by atoms with Gasteiger partial charge in [0.2, 0.25) is 0 Å². The van der Waals surface area contributed by atoms with Crippen LogP contribution in [0.3, 0.4) is 0 Å². The Bertz CT molecular complexity index is 837. The third-order valence-corrected chi connectivity index (χ3v) is 5.29. The van der Waals surface area contributed by atoms with Crippen LogP contribution in [0.5, 0.6) is 0 Å². The highest BCUT2D eigenvalue weighted by molar-refractivity contribution is 5.96. The van der Waals surface area contributed by atoms with Gasteiger partial charge in [-0.2, -0.15) is 0 Å². The number of amides is 2. The average molecular weight is 396 g/mol. The van der Waals surface area contributed by atoms with E-state index in [1.807, 2.05) is 60.7 Å². The predicted octanol–water partition coefficient (Wildman–Crippen LogP) is 4.08. The number of nitrogens with zero attached hydrogens (tertiary/aromatic N) is 3. The molecule has 0 aromatic heterocycles. The van der Waals surface area contributed by atoms with Crippen LogP contribution in [0.15, 0.2) is 60.7 Å². The van der Waals surface area contributed by atoms with E-state index in [0.717, 1.165) is 11.3 Å². The molecule has 1 aliphatic rings. The monoisotopic (exact) mass is 395 g/mol. The SMILES string of the molecule is CC(C)N1CN(c2ccccc2)C(=O)N(C(C)(C)C(=O)OCc2ccccc2)C1. The second-order valence-corrected chi connectivity index (χ2v) is 8.06. The van der Waals surface area contributed by atoms with Crippen molar-refractivity contribution in [2.75, 3.05) is 18.2 Å². The van der Waals surface area contributed by atoms with E-state index in [4.69, 9.17) is 4.74 Å². The molecule has 0 saturated carbocycles. The van der Waals surface area contributed by atoms with Crippen LogP contribution >= 0.6 is 0 Å². The Hall–Kier alpha value is -2.86. The number of para-hydroxylation sites is 1. The summed E-state index contributed by atoms with van der Waals surface area (Å²) in [5.74, 6) is -0.423. The summed E-state index contributed by atoms with van der Waals surface area (Å²) >= 11 is 0. The first-order valence-electron chi connectivity index (χ1n) is 9.90.